The lowest BCUT2D eigenvalue weighted by molar-refractivity contribution is -0.129. The van der Waals surface area contributed by atoms with Gasteiger partial charge in [-0.25, -0.2) is 4.68 Å². The second-order valence-corrected chi connectivity index (χ2v) is 7.37. The fourth-order valence-corrected chi connectivity index (χ4v) is 3.89. The van der Waals surface area contributed by atoms with Crippen molar-refractivity contribution in [3.63, 3.8) is 0 Å². The number of nitrogens with zero attached hydrogens (tertiary/aromatic N) is 3. The number of carbonyl (C=O) groups is 1. The van der Waals surface area contributed by atoms with E-state index in [2.05, 4.69) is 0 Å². The Kier molecular flexibility index (Phi) is 5.25. The summed E-state index contributed by atoms with van der Waals surface area (Å²) in [6, 6.07) is 17.8. The summed E-state index contributed by atoms with van der Waals surface area (Å²) in [4.78, 5) is 27.0. The first-order valence-corrected chi connectivity index (χ1v) is 9.80. The van der Waals surface area contributed by atoms with Crippen LogP contribution in [0.4, 0.5) is 0 Å². The smallest absolute Gasteiger partial charge is 0.270 e. The molecular weight excluding hydrogens is 366 g/mol. The number of hydrogen-bond acceptors (Lipinski definition) is 3. The van der Waals surface area contributed by atoms with E-state index in [-0.39, 0.29) is 11.5 Å². The minimum Gasteiger partial charge on any atom is -0.497 e. The molecule has 1 aliphatic rings. The summed E-state index contributed by atoms with van der Waals surface area (Å²) in [5.74, 6) is 0.836. The van der Waals surface area contributed by atoms with E-state index in [9.17, 15) is 9.59 Å². The molecule has 2 aromatic carbocycles. The van der Waals surface area contributed by atoms with Gasteiger partial charge in [0.1, 0.15) is 5.75 Å². The highest BCUT2D eigenvalue weighted by molar-refractivity contribution is 5.73. The van der Waals surface area contributed by atoms with Crippen LogP contribution in [0.1, 0.15) is 29.3 Å². The minimum absolute atomic E-state index is 0.0369. The molecule has 29 heavy (non-hydrogen) atoms. The molecule has 0 fully saturated rings. The van der Waals surface area contributed by atoms with E-state index in [4.69, 9.17) is 4.74 Å². The third kappa shape index (κ3) is 3.83. The van der Waals surface area contributed by atoms with E-state index in [0.717, 1.165) is 28.1 Å². The summed E-state index contributed by atoms with van der Waals surface area (Å²) in [6.45, 7) is 3.71. The molecule has 0 atom stereocenters. The minimum atomic E-state index is 0.0369. The maximum Gasteiger partial charge on any atom is 0.270 e. The summed E-state index contributed by atoms with van der Waals surface area (Å²) in [6.07, 6.45) is 0.595. The summed E-state index contributed by atoms with van der Waals surface area (Å²) in [5.41, 5.74) is 3.95. The van der Waals surface area contributed by atoms with Gasteiger partial charge in [0.15, 0.2) is 0 Å². The molecule has 0 aliphatic carbocycles. The third-order valence-corrected chi connectivity index (χ3v) is 5.53. The van der Waals surface area contributed by atoms with Gasteiger partial charge in [0.05, 0.1) is 32.4 Å². The quantitative estimate of drug-likeness (QED) is 0.672. The van der Waals surface area contributed by atoms with Gasteiger partial charge in [-0.1, -0.05) is 42.5 Å². The Morgan fingerprint density at radius 1 is 0.966 bits per heavy atom. The molecule has 0 bridgehead atoms. The van der Waals surface area contributed by atoms with Gasteiger partial charge in [-0.05, 0) is 29.7 Å². The number of benzene rings is 2. The lowest BCUT2D eigenvalue weighted by Crippen LogP contribution is -2.36. The van der Waals surface area contributed by atoms with E-state index in [1.807, 2.05) is 64.0 Å². The van der Waals surface area contributed by atoms with Crippen molar-refractivity contribution < 1.29 is 9.53 Å². The van der Waals surface area contributed by atoms with E-state index in [1.54, 1.807) is 18.9 Å². The molecule has 0 N–H and O–H groups in total. The van der Waals surface area contributed by atoms with Gasteiger partial charge in [-0.15, -0.1) is 0 Å². The van der Waals surface area contributed by atoms with Crippen molar-refractivity contribution in [2.24, 2.45) is 0 Å². The van der Waals surface area contributed by atoms with Crippen LogP contribution in [0, 0.1) is 0 Å². The molecule has 6 heteroatoms. The molecule has 1 aromatic heterocycles. The SMILES string of the molecule is COc1ccc(Cn2c3c(c(=O)n2Cc2ccccc2)CCN(C(C)=O)C3)cc1. The molecule has 0 spiro atoms. The summed E-state index contributed by atoms with van der Waals surface area (Å²) < 4.78 is 9.11. The zero-order valence-electron chi connectivity index (χ0n) is 16.8. The monoisotopic (exact) mass is 391 g/mol. The highest BCUT2D eigenvalue weighted by Gasteiger charge is 2.27. The molecule has 3 aromatic rings. The highest BCUT2D eigenvalue weighted by Crippen LogP contribution is 2.20. The van der Waals surface area contributed by atoms with Crippen LogP contribution < -0.4 is 10.3 Å². The Morgan fingerprint density at radius 3 is 2.28 bits per heavy atom. The van der Waals surface area contributed by atoms with E-state index in [0.29, 0.717) is 32.6 Å². The zero-order valence-corrected chi connectivity index (χ0v) is 16.8. The maximum absolute atomic E-state index is 13.2. The molecule has 4 rings (SSSR count). The van der Waals surface area contributed by atoms with Crippen molar-refractivity contribution >= 4 is 5.91 Å². The normalized spacial score (nSPS) is 13.2. The summed E-state index contributed by atoms with van der Waals surface area (Å²) in [7, 11) is 1.64. The highest BCUT2D eigenvalue weighted by atomic mass is 16.5. The third-order valence-electron chi connectivity index (χ3n) is 5.53. The molecule has 0 unspecified atom stereocenters. The Bertz CT molecular complexity index is 1070. The first kappa shape index (κ1) is 19.1. The van der Waals surface area contributed by atoms with E-state index >= 15 is 0 Å². The predicted molar refractivity (Wildman–Crippen MR) is 111 cm³/mol. The molecule has 1 amide bonds. The molecule has 0 radical (unpaired) electrons. The fourth-order valence-electron chi connectivity index (χ4n) is 3.89. The van der Waals surface area contributed by atoms with Gasteiger partial charge in [0.25, 0.3) is 5.56 Å². The molecular formula is C23H25N3O3. The van der Waals surface area contributed by atoms with Gasteiger partial charge >= 0.3 is 0 Å². The first-order chi connectivity index (χ1) is 14.1. The van der Waals surface area contributed by atoms with Crippen molar-refractivity contribution in [2.45, 2.75) is 33.0 Å². The number of fused-ring (bicyclic) bond motifs is 1. The standard InChI is InChI=1S/C23H25N3O3/c1-17(27)24-13-12-21-22(16-24)25(14-19-8-10-20(29-2)11-9-19)26(23(21)28)15-18-6-4-3-5-7-18/h3-11H,12-16H2,1-2H3. The Balaban J connectivity index is 1.77. The van der Waals surface area contributed by atoms with Crippen LogP contribution >= 0.6 is 0 Å². The molecule has 150 valence electrons. The lowest BCUT2D eigenvalue weighted by Gasteiger charge is -2.27. The second kappa shape index (κ2) is 7.99. The Labute approximate surface area is 169 Å². The number of methoxy groups -OCH3 is 1. The maximum atomic E-state index is 13.2. The van der Waals surface area contributed by atoms with Gasteiger partial charge in [0, 0.05) is 19.0 Å². The predicted octanol–water partition coefficient (Wildman–Crippen LogP) is 2.66. The zero-order chi connectivity index (χ0) is 20.4. The molecule has 2 heterocycles. The van der Waals surface area contributed by atoms with Crippen LogP contribution in [0.25, 0.3) is 0 Å². The van der Waals surface area contributed by atoms with Crippen LogP contribution in [0.2, 0.25) is 0 Å². The number of amides is 1. The average molecular weight is 391 g/mol. The van der Waals surface area contributed by atoms with Crippen molar-refractivity contribution in [3.05, 3.63) is 87.3 Å². The molecule has 6 nitrogen and oxygen atoms in total. The molecule has 0 saturated carbocycles. The van der Waals surface area contributed by atoms with Crippen LogP contribution in [0.15, 0.2) is 59.4 Å². The van der Waals surface area contributed by atoms with E-state index in [1.165, 1.54) is 0 Å². The van der Waals surface area contributed by atoms with Gasteiger partial charge in [-0.3, -0.25) is 14.3 Å². The fraction of sp³-hybridized carbons (Fsp3) is 0.304. The lowest BCUT2D eigenvalue weighted by atomic mass is 10.1. The van der Waals surface area contributed by atoms with Gasteiger partial charge in [0.2, 0.25) is 5.91 Å². The number of carbonyl (C=O) groups excluding carboxylic acids is 1. The average Bonchev–Trinajstić information content (AvgIpc) is 3.00. The van der Waals surface area contributed by atoms with Gasteiger partial charge in [-0.2, -0.15) is 0 Å². The number of ether oxygens (including phenoxy) is 1. The Hall–Kier alpha value is -3.28. The van der Waals surface area contributed by atoms with Crippen molar-refractivity contribution in [3.8, 4) is 5.75 Å². The van der Waals surface area contributed by atoms with Crippen molar-refractivity contribution in [1.29, 1.82) is 0 Å². The van der Waals surface area contributed by atoms with Crippen LogP contribution in [0.3, 0.4) is 0 Å². The molecule has 0 saturated heterocycles. The van der Waals surface area contributed by atoms with Crippen molar-refractivity contribution in [1.82, 2.24) is 14.3 Å². The Morgan fingerprint density at radius 2 is 1.62 bits per heavy atom. The van der Waals surface area contributed by atoms with Crippen LogP contribution in [-0.4, -0.2) is 33.8 Å². The van der Waals surface area contributed by atoms with Gasteiger partial charge < -0.3 is 9.64 Å². The number of hydrogen-bond donors (Lipinski definition) is 0. The van der Waals surface area contributed by atoms with E-state index < -0.39 is 0 Å². The molecule has 1 aliphatic heterocycles. The largest absolute Gasteiger partial charge is 0.497 e. The van der Waals surface area contributed by atoms with Crippen LogP contribution in [0.5, 0.6) is 5.75 Å². The van der Waals surface area contributed by atoms with Crippen LogP contribution in [-0.2, 0) is 30.8 Å². The number of rotatable bonds is 5. The topological polar surface area (TPSA) is 56.5 Å². The summed E-state index contributed by atoms with van der Waals surface area (Å²) >= 11 is 0. The van der Waals surface area contributed by atoms with Crippen molar-refractivity contribution in [2.75, 3.05) is 13.7 Å². The second-order valence-electron chi connectivity index (χ2n) is 7.37. The first-order valence-electron chi connectivity index (χ1n) is 9.80. The number of aromatic nitrogens is 2. The summed E-state index contributed by atoms with van der Waals surface area (Å²) in [5, 5.41) is 0.